The summed E-state index contributed by atoms with van der Waals surface area (Å²) in [5.74, 6) is -0.902. The fourth-order valence-electron chi connectivity index (χ4n) is 2.04. The van der Waals surface area contributed by atoms with Crippen LogP contribution in [0.3, 0.4) is 0 Å². The molecule has 0 spiro atoms. The molecule has 0 atom stereocenters. The first-order valence-corrected chi connectivity index (χ1v) is 5.93. The van der Waals surface area contributed by atoms with Crippen LogP contribution in [0.25, 0.3) is 0 Å². The van der Waals surface area contributed by atoms with Gasteiger partial charge in [-0.2, -0.15) is 0 Å². The van der Waals surface area contributed by atoms with E-state index in [1.54, 1.807) is 0 Å². The summed E-state index contributed by atoms with van der Waals surface area (Å²) in [6.45, 7) is 3.14. The van der Waals surface area contributed by atoms with E-state index in [9.17, 15) is 15.0 Å². The maximum atomic E-state index is 12.1. The van der Waals surface area contributed by atoms with Crippen LogP contribution < -0.4 is 5.32 Å². The van der Waals surface area contributed by atoms with Crippen LogP contribution in [-0.2, 0) is 4.74 Å². The van der Waals surface area contributed by atoms with Crippen LogP contribution in [0.5, 0.6) is 11.5 Å². The van der Waals surface area contributed by atoms with E-state index >= 15 is 0 Å². The monoisotopic (exact) mass is 251 g/mol. The molecule has 0 bridgehead atoms. The van der Waals surface area contributed by atoms with Gasteiger partial charge >= 0.3 is 0 Å². The summed E-state index contributed by atoms with van der Waals surface area (Å²) < 4.78 is 5.25. The molecule has 3 N–H and O–H groups in total. The zero-order valence-electron chi connectivity index (χ0n) is 10.3. The van der Waals surface area contributed by atoms with Crippen molar-refractivity contribution in [3.05, 3.63) is 23.8 Å². The van der Waals surface area contributed by atoms with Gasteiger partial charge in [0, 0.05) is 18.8 Å². The highest BCUT2D eigenvalue weighted by molar-refractivity contribution is 5.99. The third kappa shape index (κ3) is 2.56. The number of benzene rings is 1. The molecule has 1 aliphatic heterocycles. The van der Waals surface area contributed by atoms with Crippen molar-refractivity contribution in [1.82, 2.24) is 5.32 Å². The molecule has 0 radical (unpaired) electrons. The summed E-state index contributed by atoms with van der Waals surface area (Å²) in [5, 5.41) is 22.1. The molecular weight excluding hydrogens is 234 g/mol. The highest BCUT2D eigenvalue weighted by Crippen LogP contribution is 2.28. The molecule has 1 aromatic rings. The first-order valence-electron chi connectivity index (χ1n) is 5.93. The van der Waals surface area contributed by atoms with Gasteiger partial charge < -0.3 is 20.3 Å². The highest BCUT2D eigenvalue weighted by atomic mass is 16.5. The maximum Gasteiger partial charge on any atom is 0.259 e. The lowest BCUT2D eigenvalue weighted by Gasteiger charge is -2.34. The lowest BCUT2D eigenvalue weighted by molar-refractivity contribution is 0.0421. The van der Waals surface area contributed by atoms with E-state index in [0.717, 1.165) is 0 Å². The molecule has 1 saturated heterocycles. The molecular formula is C13H17NO4. The lowest BCUT2D eigenvalue weighted by Crippen LogP contribution is -2.49. The SMILES string of the molecule is CC1(NC(=O)c2c(O)cccc2O)CCOCC1. The Balaban J connectivity index is 2.17. The molecule has 1 aromatic carbocycles. The summed E-state index contributed by atoms with van der Waals surface area (Å²) in [6.07, 6.45) is 1.43. The number of hydrogen-bond donors (Lipinski definition) is 3. The van der Waals surface area contributed by atoms with Gasteiger partial charge in [0.2, 0.25) is 0 Å². The summed E-state index contributed by atoms with van der Waals surface area (Å²) in [6, 6.07) is 4.24. The molecule has 0 saturated carbocycles. The topological polar surface area (TPSA) is 78.8 Å². The van der Waals surface area contributed by atoms with Crippen molar-refractivity contribution < 1.29 is 19.7 Å². The van der Waals surface area contributed by atoms with Gasteiger partial charge in [-0.25, -0.2) is 0 Å². The Labute approximate surface area is 105 Å². The molecule has 5 nitrogen and oxygen atoms in total. The largest absolute Gasteiger partial charge is 0.507 e. The number of carbonyl (C=O) groups is 1. The number of carbonyl (C=O) groups excluding carboxylic acids is 1. The Morgan fingerprint density at radius 2 is 1.83 bits per heavy atom. The van der Waals surface area contributed by atoms with E-state index in [1.165, 1.54) is 18.2 Å². The van der Waals surface area contributed by atoms with Gasteiger partial charge in [-0.15, -0.1) is 0 Å². The fraction of sp³-hybridized carbons (Fsp3) is 0.462. The van der Waals surface area contributed by atoms with Crippen molar-refractivity contribution in [2.24, 2.45) is 0 Å². The van der Waals surface area contributed by atoms with Gasteiger partial charge in [0.25, 0.3) is 5.91 Å². The van der Waals surface area contributed by atoms with Gasteiger partial charge in [0.15, 0.2) is 0 Å². The Kier molecular flexibility index (Phi) is 3.43. The molecule has 98 valence electrons. The second-order valence-electron chi connectivity index (χ2n) is 4.80. The minimum Gasteiger partial charge on any atom is -0.507 e. The summed E-state index contributed by atoms with van der Waals surface area (Å²) in [5.41, 5.74) is -0.436. The smallest absolute Gasteiger partial charge is 0.259 e. The predicted molar refractivity (Wildman–Crippen MR) is 65.7 cm³/mol. The zero-order valence-corrected chi connectivity index (χ0v) is 10.3. The molecule has 5 heteroatoms. The quantitative estimate of drug-likeness (QED) is 0.742. The molecule has 0 aliphatic carbocycles. The fourth-order valence-corrected chi connectivity index (χ4v) is 2.04. The summed E-state index contributed by atoms with van der Waals surface area (Å²) in [4.78, 5) is 12.1. The average molecular weight is 251 g/mol. The molecule has 1 heterocycles. The van der Waals surface area contributed by atoms with Crippen LogP contribution in [0.15, 0.2) is 18.2 Å². The van der Waals surface area contributed by atoms with Gasteiger partial charge in [-0.3, -0.25) is 4.79 Å². The minimum absolute atomic E-state index is 0.0785. The van der Waals surface area contributed by atoms with Gasteiger partial charge in [0.1, 0.15) is 17.1 Å². The first kappa shape index (κ1) is 12.7. The Morgan fingerprint density at radius 3 is 2.39 bits per heavy atom. The van der Waals surface area contributed by atoms with Gasteiger partial charge in [-0.05, 0) is 31.9 Å². The van der Waals surface area contributed by atoms with E-state index in [0.29, 0.717) is 26.1 Å². The number of amides is 1. The van der Waals surface area contributed by atoms with Crippen LogP contribution in [0.2, 0.25) is 0 Å². The van der Waals surface area contributed by atoms with E-state index < -0.39 is 5.91 Å². The standard InChI is InChI=1S/C13H17NO4/c1-13(5-7-18-8-6-13)14-12(17)11-9(15)3-2-4-10(11)16/h2-4,15-16H,5-8H2,1H3,(H,14,17). The van der Waals surface area contributed by atoms with Crippen molar-refractivity contribution in [3.63, 3.8) is 0 Å². The molecule has 1 amide bonds. The van der Waals surface area contributed by atoms with Crippen molar-refractivity contribution in [1.29, 1.82) is 0 Å². The second-order valence-corrected chi connectivity index (χ2v) is 4.80. The summed E-state index contributed by atoms with van der Waals surface area (Å²) >= 11 is 0. The van der Waals surface area contributed by atoms with Crippen LogP contribution >= 0.6 is 0 Å². The molecule has 18 heavy (non-hydrogen) atoms. The van der Waals surface area contributed by atoms with Crippen LogP contribution in [0.4, 0.5) is 0 Å². The van der Waals surface area contributed by atoms with Crippen molar-refractivity contribution in [3.8, 4) is 11.5 Å². The number of aromatic hydroxyl groups is 2. The lowest BCUT2D eigenvalue weighted by atomic mass is 9.92. The third-order valence-electron chi connectivity index (χ3n) is 3.26. The van der Waals surface area contributed by atoms with Crippen LogP contribution in [0.1, 0.15) is 30.1 Å². The minimum atomic E-state index is -0.463. The van der Waals surface area contributed by atoms with Gasteiger partial charge in [0.05, 0.1) is 0 Å². The zero-order chi connectivity index (χ0) is 13.2. The van der Waals surface area contributed by atoms with E-state index in [4.69, 9.17) is 4.74 Å². The normalized spacial score (nSPS) is 18.3. The first-order chi connectivity index (χ1) is 8.52. The number of nitrogens with one attached hydrogen (secondary N) is 1. The van der Waals surface area contributed by atoms with E-state index in [-0.39, 0.29) is 22.6 Å². The summed E-state index contributed by atoms with van der Waals surface area (Å²) in [7, 11) is 0. The third-order valence-corrected chi connectivity index (χ3v) is 3.26. The average Bonchev–Trinajstić information content (AvgIpc) is 2.28. The number of hydrogen-bond acceptors (Lipinski definition) is 4. The van der Waals surface area contributed by atoms with Crippen LogP contribution in [0, 0.1) is 0 Å². The number of phenols is 2. The molecule has 0 unspecified atom stereocenters. The van der Waals surface area contributed by atoms with Gasteiger partial charge in [-0.1, -0.05) is 6.07 Å². The second kappa shape index (κ2) is 4.86. The van der Waals surface area contributed by atoms with Crippen molar-refractivity contribution in [2.45, 2.75) is 25.3 Å². The Bertz CT molecular complexity index is 432. The maximum absolute atomic E-state index is 12.1. The molecule has 0 aromatic heterocycles. The molecule has 1 aliphatic rings. The molecule has 1 fully saturated rings. The van der Waals surface area contributed by atoms with E-state index in [2.05, 4.69) is 5.32 Å². The highest BCUT2D eigenvalue weighted by Gasteiger charge is 2.30. The number of rotatable bonds is 2. The Morgan fingerprint density at radius 1 is 1.28 bits per heavy atom. The number of ether oxygens (including phenoxy) is 1. The van der Waals surface area contributed by atoms with E-state index in [1.807, 2.05) is 6.92 Å². The van der Waals surface area contributed by atoms with Crippen molar-refractivity contribution in [2.75, 3.05) is 13.2 Å². The van der Waals surface area contributed by atoms with Crippen molar-refractivity contribution >= 4 is 5.91 Å². The Hall–Kier alpha value is -1.75. The number of phenolic OH excluding ortho intramolecular Hbond substituents is 2. The van der Waals surface area contributed by atoms with Crippen LogP contribution in [-0.4, -0.2) is 34.9 Å². The predicted octanol–water partition coefficient (Wildman–Crippen LogP) is 1.40. The molecule has 2 rings (SSSR count).